The number of amides is 2. The predicted octanol–water partition coefficient (Wildman–Crippen LogP) is 1.17. The summed E-state index contributed by atoms with van der Waals surface area (Å²) in [5.41, 5.74) is 0. The van der Waals surface area contributed by atoms with Crippen molar-refractivity contribution in [2.45, 2.75) is 25.3 Å². The second kappa shape index (κ2) is 6.38. The van der Waals surface area contributed by atoms with Crippen LogP contribution in [0.4, 0.5) is 4.79 Å². The first-order valence-electron chi connectivity index (χ1n) is 6.32. The molecular formula is C12H18N2O3S2. The summed E-state index contributed by atoms with van der Waals surface area (Å²) in [4.78, 5) is 12.9. The molecule has 7 heteroatoms. The molecule has 0 radical (unpaired) electrons. The molecule has 1 aliphatic heterocycles. The van der Waals surface area contributed by atoms with Gasteiger partial charge >= 0.3 is 6.03 Å². The van der Waals surface area contributed by atoms with Crippen LogP contribution in [0.1, 0.15) is 17.7 Å². The first-order chi connectivity index (χ1) is 9.05. The Bertz CT molecular complexity index is 511. The second-order valence-corrected chi connectivity index (χ2v) is 7.94. The van der Waals surface area contributed by atoms with E-state index in [0.717, 1.165) is 12.8 Å². The van der Waals surface area contributed by atoms with Gasteiger partial charge in [0.05, 0.1) is 11.5 Å². The van der Waals surface area contributed by atoms with Gasteiger partial charge in [0, 0.05) is 17.5 Å². The fourth-order valence-corrected chi connectivity index (χ4v) is 4.47. The van der Waals surface area contributed by atoms with Gasteiger partial charge in [0.2, 0.25) is 0 Å². The molecule has 0 bridgehead atoms. The average Bonchev–Trinajstić information content (AvgIpc) is 2.80. The molecule has 2 N–H and O–H groups in total. The Balaban J connectivity index is 1.69. The van der Waals surface area contributed by atoms with Crippen molar-refractivity contribution < 1.29 is 13.2 Å². The highest BCUT2D eigenvalue weighted by Crippen LogP contribution is 2.12. The minimum atomic E-state index is -2.97. The molecule has 5 nitrogen and oxygen atoms in total. The molecule has 2 amide bonds. The maximum atomic E-state index is 11.6. The van der Waals surface area contributed by atoms with Gasteiger partial charge in [-0.25, -0.2) is 13.2 Å². The first-order valence-corrected chi connectivity index (χ1v) is 9.02. The Morgan fingerprint density at radius 2 is 2.32 bits per heavy atom. The van der Waals surface area contributed by atoms with E-state index in [1.807, 2.05) is 17.5 Å². The van der Waals surface area contributed by atoms with E-state index in [1.54, 1.807) is 11.3 Å². The molecule has 19 heavy (non-hydrogen) atoms. The van der Waals surface area contributed by atoms with Crippen molar-refractivity contribution in [3.8, 4) is 0 Å². The molecule has 1 aromatic rings. The van der Waals surface area contributed by atoms with Crippen molar-refractivity contribution in [3.63, 3.8) is 0 Å². The Morgan fingerprint density at radius 1 is 1.47 bits per heavy atom. The quantitative estimate of drug-likeness (QED) is 0.876. The van der Waals surface area contributed by atoms with Crippen LogP contribution in [0.5, 0.6) is 0 Å². The van der Waals surface area contributed by atoms with Crippen LogP contribution < -0.4 is 10.6 Å². The Hall–Kier alpha value is -1.08. The molecule has 0 spiro atoms. The minimum absolute atomic E-state index is 0.0609. The number of nitrogens with one attached hydrogen (secondary N) is 2. The standard InChI is InChI=1S/C12H18N2O3S2/c15-12(13-6-5-11-4-1-7-18-11)14-10-3-2-8-19(16,17)9-10/h1,4,7,10H,2-3,5-6,8-9H2,(H2,13,14,15)/t10-/m1/s1. The zero-order valence-corrected chi connectivity index (χ0v) is 12.2. The minimum Gasteiger partial charge on any atom is -0.338 e. The number of hydrogen-bond donors (Lipinski definition) is 2. The smallest absolute Gasteiger partial charge is 0.315 e. The van der Waals surface area contributed by atoms with Crippen molar-refractivity contribution in [2.75, 3.05) is 18.1 Å². The number of thiophene rings is 1. The van der Waals surface area contributed by atoms with Gasteiger partial charge in [0.1, 0.15) is 0 Å². The summed E-state index contributed by atoms with van der Waals surface area (Å²) < 4.78 is 22.9. The van der Waals surface area contributed by atoms with Crippen LogP contribution in [0.25, 0.3) is 0 Å². The average molecular weight is 302 g/mol. The van der Waals surface area contributed by atoms with E-state index in [1.165, 1.54) is 4.88 Å². The number of carbonyl (C=O) groups excluding carboxylic acids is 1. The van der Waals surface area contributed by atoms with Crippen LogP contribution in [0.15, 0.2) is 17.5 Å². The maximum absolute atomic E-state index is 11.6. The fourth-order valence-electron chi connectivity index (χ4n) is 2.13. The van der Waals surface area contributed by atoms with Gasteiger partial charge in [0.25, 0.3) is 0 Å². The topological polar surface area (TPSA) is 75.3 Å². The zero-order chi connectivity index (χ0) is 13.7. The summed E-state index contributed by atoms with van der Waals surface area (Å²) >= 11 is 1.66. The van der Waals surface area contributed by atoms with E-state index in [2.05, 4.69) is 10.6 Å². The van der Waals surface area contributed by atoms with Gasteiger partial charge in [0.15, 0.2) is 9.84 Å². The van der Waals surface area contributed by atoms with E-state index in [-0.39, 0.29) is 23.6 Å². The molecule has 1 aromatic heterocycles. The molecule has 1 saturated heterocycles. The Labute approximate surface area is 117 Å². The number of rotatable bonds is 4. The summed E-state index contributed by atoms with van der Waals surface area (Å²) in [6, 6.07) is 3.48. The van der Waals surface area contributed by atoms with Gasteiger partial charge in [-0.2, -0.15) is 0 Å². The van der Waals surface area contributed by atoms with Gasteiger partial charge < -0.3 is 10.6 Å². The van der Waals surface area contributed by atoms with Crippen LogP contribution >= 0.6 is 11.3 Å². The number of hydrogen-bond acceptors (Lipinski definition) is 4. The lowest BCUT2D eigenvalue weighted by molar-refractivity contribution is 0.237. The van der Waals surface area contributed by atoms with Crippen molar-refractivity contribution >= 4 is 27.2 Å². The number of carbonyl (C=O) groups is 1. The van der Waals surface area contributed by atoms with E-state index in [4.69, 9.17) is 0 Å². The highest BCUT2D eigenvalue weighted by Gasteiger charge is 2.25. The summed E-state index contributed by atoms with van der Waals surface area (Å²) in [6.07, 6.45) is 2.16. The first kappa shape index (κ1) is 14.3. The zero-order valence-electron chi connectivity index (χ0n) is 10.6. The van der Waals surface area contributed by atoms with Gasteiger partial charge in [-0.15, -0.1) is 11.3 Å². The van der Waals surface area contributed by atoms with E-state index < -0.39 is 9.84 Å². The van der Waals surface area contributed by atoms with Crippen LogP contribution in [-0.2, 0) is 16.3 Å². The fraction of sp³-hybridized carbons (Fsp3) is 0.583. The Morgan fingerprint density at radius 3 is 3.00 bits per heavy atom. The molecule has 106 valence electrons. The lowest BCUT2D eigenvalue weighted by Gasteiger charge is -2.23. The van der Waals surface area contributed by atoms with Crippen molar-refractivity contribution in [2.24, 2.45) is 0 Å². The van der Waals surface area contributed by atoms with Crippen LogP contribution in [0.3, 0.4) is 0 Å². The summed E-state index contributed by atoms with van der Waals surface area (Å²) in [6.45, 7) is 0.561. The summed E-state index contributed by atoms with van der Waals surface area (Å²) in [7, 11) is -2.97. The molecule has 1 atom stereocenters. The van der Waals surface area contributed by atoms with Crippen LogP contribution in [0.2, 0.25) is 0 Å². The molecule has 0 aromatic carbocycles. The van der Waals surface area contributed by atoms with Crippen molar-refractivity contribution in [1.29, 1.82) is 0 Å². The highest BCUT2D eigenvalue weighted by atomic mass is 32.2. The lowest BCUT2D eigenvalue weighted by atomic mass is 10.2. The van der Waals surface area contributed by atoms with Gasteiger partial charge in [-0.3, -0.25) is 0 Å². The summed E-state index contributed by atoms with van der Waals surface area (Å²) in [5, 5.41) is 7.49. The second-order valence-electron chi connectivity index (χ2n) is 4.68. The normalized spacial score (nSPS) is 21.8. The molecular weight excluding hydrogens is 284 g/mol. The largest absolute Gasteiger partial charge is 0.338 e. The van der Waals surface area contributed by atoms with Crippen LogP contribution in [-0.4, -0.2) is 38.5 Å². The van der Waals surface area contributed by atoms with E-state index >= 15 is 0 Å². The SMILES string of the molecule is O=C(NCCc1cccs1)N[C@@H]1CCCS(=O)(=O)C1. The molecule has 1 aliphatic rings. The van der Waals surface area contributed by atoms with E-state index in [9.17, 15) is 13.2 Å². The maximum Gasteiger partial charge on any atom is 0.315 e. The number of sulfone groups is 1. The van der Waals surface area contributed by atoms with Gasteiger partial charge in [-0.05, 0) is 30.7 Å². The number of urea groups is 1. The van der Waals surface area contributed by atoms with Crippen molar-refractivity contribution in [3.05, 3.63) is 22.4 Å². The third kappa shape index (κ3) is 4.83. The van der Waals surface area contributed by atoms with Crippen molar-refractivity contribution in [1.82, 2.24) is 10.6 Å². The molecule has 0 unspecified atom stereocenters. The van der Waals surface area contributed by atoms with Gasteiger partial charge in [-0.1, -0.05) is 6.07 Å². The third-order valence-corrected chi connectivity index (χ3v) is 5.79. The lowest BCUT2D eigenvalue weighted by Crippen LogP contribution is -2.47. The molecule has 2 heterocycles. The molecule has 0 saturated carbocycles. The van der Waals surface area contributed by atoms with E-state index in [0.29, 0.717) is 13.0 Å². The molecule has 1 fully saturated rings. The Kier molecular flexibility index (Phi) is 4.81. The van der Waals surface area contributed by atoms with Crippen LogP contribution in [0, 0.1) is 0 Å². The third-order valence-electron chi connectivity index (χ3n) is 3.04. The molecule has 0 aliphatic carbocycles. The highest BCUT2D eigenvalue weighted by molar-refractivity contribution is 7.91. The predicted molar refractivity (Wildman–Crippen MR) is 76.2 cm³/mol. The molecule has 2 rings (SSSR count). The summed E-state index contributed by atoms with van der Waals surface area (Å²) in [5.74, 6) is 0.302. The monoisotopic (exact) mass is 302 g/mol.